The van der Waals surface area contributed by atoms with Gasteiger partial charge in [-0.15, -0.1) is 11.8 Å². The van der Waals surface area contributed by atoms with Crippen LogP contribution in [-0.2, 0) is 14.3 Å². The van der Waals surface area contributed by atoms with Gasteiger partial charge in [-0.05, 0) is 19.3 Å². The Hall–Kier alpha value is -0.750. The predicted molar refractivity (Wildman–Crippen MR) is 75.1 cm³/mol. The molecular formula is C13H23NO4S. The first-order chi connectivity index (χ1) is 8.88. The summed E-state index contributed by atoms with van der Waals surface area (Å²) in [4.78, 5) is 25.1. The van der Waals surface area contributed by atoms with E-state index < -0.39 is 12.0 Å². The summed E-state index contributed by atoms with van der Waals surface area (Å²) in [5, 5.41) is 9.19. The zero-order chi connectivity index (χ0) is 14.6. The highest BCUT2D eigenvalue weighted by Gasteiger charge is 2.42. The molecule has 1 amide bonds. The van der Waals surface area contributed by atoms with E-state index in [2.05, 4.69) is 0 Å². The molecule has 0 aromatic rings. The van der Waals surface area contributed by atoms with Crippen LogP contribution in [0, 0.1) is 5.92 Å². The molecule has 1 heterocycles. The van der Waals surface area contributed by atoms with Crippen LogP contribution in [0.5, 0.6) is 0 Å². The van der Waals surface area contributed by atoms with Crippen LogP contribution in [0.2, 0.25) is 0 Å². The largest absolute Gasteiger partial charge is 0.480 e. The summed E-state index contributed by atoms with van der Waals surface area (Å²) < 4.78 is 5.12. The maximum atomic E-state index is 12.3. The highest BCUT2D eigenvalue weighted by Crippen LogP contribution is 2.34. The topological polar surface area (TPSA) is 66.8 Å². The van der Waals surface area contributed by atoms with Crippen LogP contribution in [0.1, 0.15) is 33.6 Å². The predicted octanol–water partition coefficient (Wildman–Crippen LogP) is 1.81. The van der Waals surface area contributed by atoms with Crippen molar-refractivity contribution < 1.29 is 19.4 Å². The lowest BCUT2D eigenvalue weighted by atomic mass is 10.1. The van der Waals surface area contributed by atoms with Crippen molar-refractivity contribution >= 4 is 23.6 Å². The first-order valence-electron chi connectivity index (χ1n) is 6.56. The molecule has 0 aromatic heterocycles. The number of carbonyl (C=O) groups excluding carboxylic acids is 1. The van der Waals surface area contributed by atoms with Crippen LogP contribution in [-0.4, -0.2) is 52.3 Å². The van der Waals surface area contributed by atoms with Gasteiger partial charge in [-0.2, -0.15) is 0 Å². The molecule has 6 heteroatoms. The van der Waals surface area contributed by atoms with Gasteiger partial charge in [0, 0.05) is 19.3 Å². The Morgan fingerprint density at radius 3 is 2.53 bits per heavy atom. The summed E-state index contributed by atoms with van der Waals surface area (Å²) in [6.45, 7) is 5.93. The summed E-state index contributed by atoms with van der Waals surface area (Å²) in [7, 11) is 1.61. The minimum absolute atomic E-state index is 0.0139. The lowest BCUT2D eigenvalue weighted by Crippen LogP contribution is -2.47. The first-order valence-corrected chi connectivity index (χ1v) is 7.61. The van der Waals surface area contributed by atoms with Gasteiger partial charge in [0.15, 0.2) is 0 Å². The van der Waals surface area contributed by atoms with Gasteiger partial charge in [0.1, 0.15) is 6.04 Å². The zero-order valence-corrected chi connectivity index (χ0v) is 12.8. The maximum absolute atomic E-state index is 12.3. The monoisotopic (exact) mass is 289 g/mol. The average Bonchev–Trinajstić information content (AvgIpc) is 2.80. The van der Waals surface area contributed by atoms with Crippen LogP contribution in [0.4, 0.5) is 0 Å². The lowest BCUT2D eigenvalue weighted by molar-refractivity contribution is -0.149. The molecular weight excluding hydrogens is 266 g/mol. The van der Waals surface area contributed by atoms with E-state index in [1.165, 1.54) is 0 Å². The Labute approximate surface area is 118 Å². The summed E-state index contributed by atoms with van der Waals surface area (Å²) in [6, 6.07) is -0.692. The molecule has 0 bridgehead atoms. The third-order valence-electron chi connectivity index (χ3n) is 3.35. The Kier molecular flexibility index (Phi) is 6.13. The van der Waals surface area contributed by atoms with Gasteiger partial charge in [-0.1, -0.05) is 13.8 Å². The third-order valence-corrected chi connectivity index (χ3v) is 4.97. The number of amides is 1. The normalized spacial score (nSPS) is 24.8. The molecule has 0 aromatic carbocycles. The standard InChI is InChI=1S/C13H23NO4S/c1-8(2)12-14(10(7-19-12)13(16)17)11(15)6-5-9(3)18-4/h8-10,12H,5-7H2,1-4H3,(H,16,17). The molecule has 0 spiro atoms. The molecule has 3 unspecified atom stereocenters. The Morgan fingerprint density at radius 2 is 2.05 bits per heavy atom. The highest BCUT2D eigenvalue weighted by atomic mass is 32.2. The molecule has 1 fully saturated rings. The number of hydrogen-bond acceptors (Lipinski definition) is 4. The van der Waals surface area contributed by atoms with Gasteiger partial charge in [0.25, 0.3) is 0 Å². The highest BCUT2D eigenvalue weighted by molar-refractivity contribution is 8.00. The fourth-order valence-corrected chi connectivity index (χ4v) is 3.61. The SMILES string of the molecule is COC(C)CCC(=O)N1C(C(=O)O)CSC1C(C)C. The van der Waals surface area contributed by atoms with E-state index in [1.54, 1.807) is 23.8 Å². The van der Waals surface area contributed by atoms with Crippen LogP contribution in [0.25, 0.3) is 0 Å². The molecule has 19 heavy (non-hydrogen) atoms. The quantitative estimate of drug-likeness (QED) is 0.808. The summed E-state index contributed by atoms with van der Waals surface area (Å²) in [5.74, 6) is -0.272. The molecule has 1 aliphatic rings. The number of carbonyl (C=O) groups is 2. The minimum Gasteiger partial charge on any atom is -0.480 e. The number of ether oxygens (including phenoxy) is 1. The molecule has 5 nitrogen and oxygen atoms in total. The summed E-state index contributed by atoms with van der Waals surface area (Å²) in [5.41, 5.74) is 0. The van der Waals surface area contributed by atoms with Crippen molar-refractivity contribution in [2.24, 2.45) is 5.92 Å². The van der Waals surface area contributed by atoms with Crippen molar-refractivity contribution in [3.8, 4) is 0 Å². The number of rotatable bonds is 6. The van der Waals surface area contributed by atoms with Crippen molar-refractivity contribution in [1.82, 2.24) is 4.90 Å². The van der Waals surface area contributed by atoms with Gasteiger partial charge in [-0.3, -0.25) is 4.79 Å². The van der Waals surface area contributed by atoms with E-state index in [4.69, 9.17) is 4.74 Å². The third kappa shape index (κ3) is 4.11. The summed E-state index contributed by atoms with van der Waals surface area (Å²) >= 11 is 1.56. The number of aliphatic carboxylic acids is 1. The van der Waals surface area contributed by atoms with Crippen LogP contribution in [0.3, 0.4) is 0 Å². The van der Waals surface area contributed by atoms with E-state index in [0.717, 1.165) is 0 Å². The zero-order valence-electron chi connectivity index (χ0n) is 12.0. The van der Waals surface area contributed by atoms with E-state index in [9.17, 15) is 14.7 Å². The van der Waals surface area contributed by atoms with E-state index in [-0.39, 0.29) is 23.3 Å². The average molecular weight is 289 g/mol. The second-order valence-corrected chi connectivity index (χ2v) is 6.36. The number of nitrogens with zero attached hydrogens (tertiary/aromatic N) is 1. The molecule has 0 aliphatic carbocycles. The Balaban J connectivity index is 2.72. The number of methoxy groups -OCH3 is 1. The van der Waals surface area contributed by atoms with Crippen LogP contribution < -0.4 is 0 Å². The molecule has 1 N–H and O–H groups in total. The van der Waals surface area contributed by atoms with Gasteiger partial charge in [-0.25, -0.2) is 4.79 Å². The van der Waals surface area contributed by atoms with Gasteiger partial charge in [0.2, 0.25) is 5.91 Å². The van der Waals surface area contributed by atoms with E-state index in [0.29, 0.717) is 18.6 Å². The van der Waals surface area contributed by atoms with Crippen LogP contribution >= 0.6 is 11.8 Å². The lowest BCUT2D eigenvalue weighted by Gasteiger charge is -2.30. The smallest absolute Gasteiger partial charge is 0.327 e. The van der Waals surface area contributed by atoms with Gasteiger partial charge in [0.05, 0.1) is 11.5 Å². The Morgan fingerprint density at radius 1 is 1.42 bits per heavy atom. The van der Waals surface area contributed by atoms with E-state index >= 15 is 0 Å². The number of hydrogen-bond donors (Lipinski definition) is 1. The molecule has 110 valence electrons. The maximum Gasteiger partial charge on any atom is 0.327 e. The van der Waals surface area contributed by atoms with Crippen molar-refractivity contribution in [3.05, 3.63) is 0 Å². The van der Waals surface area contributed by atoms with Gasteiger partial charge >= 0.3 is 5.97 Å². The summed E-state index contributed by atoms with van der Waals surface area (Å²) in [6.07, 6.45) is 0.968. The van der Waals surface area contributed by atoms with E-state index in [1.807, 2.05) is 20.8 Å². The fourth-order valence-electron chi connectivity index (χ4n) is 2.12. The molecule has 0 saturated carbocycles. The Bertz CT molecular complexity index is 335. The molecule has 1 aliphatic heterocycles. The minimum atomic E-state index is -0.913. The van der Waals surface area contributed by atoms with Gasteiger partial charge < -0.3 is 14.7 Å². The first kappa shape index (κ1) is 16.3. The second-order valence-electron chi connectivity index (χ2n) is 5.21. The van der Waals surface area contributed by atoms with Crippen molar-refractivity contribution in [3.63, 3.8) is 0 Å². The van der Waals surface area contributed by atoms with Crippen molar-refractivity contribution in [1.29, 1.82) is 0 Å². The second kappa shape index (κ2) is 7.14. The fraction of sp³-hybridized carbons (Fsp3) is 0.846. The van der Waals surface area contributed by atoms with Crippen LogP contribution in [0.15, 0.2) is 0 Å². The molecule has 3 atom stereocenters. The number of carboxylic acid groups (broad SMARTS) is 1. The number of carboxylic acids is 1. The molecule has 1 saturated heterocycles. The number of thioether (sulfide) groups is 1. The molecule has 0 radical (unpaired) electrons. The molecule has 1 rings (SSSR count). The van der Waals surface area contributed by atoms with Crippen molar-refractivity contribution in [2.45, 2.75) is 51.1 Å². The van der Waals surface area contributed by atoms with Crippen molar-refractivity contribution in [2.75, 3.05) is 12.9 Å².